The van der Waals surface area contributed by atoms with Crippen molar-refractivity contribution in [1.82, 2.24) is 15.1 Å². The molecule has 0 spiro atoms. The maximum atomic E-state index is 12.9. The molecule has 1 amide bonds. The third-order valence-corrected chi connectivity index (χ3v) is 5.55. The minimum Gasteiger partial charge on any atom is -0.336 e. The molecule has 20 heavy (non-hydrogen) atoms. The maximum absolute atomic E-state index is 12.9. The SMILES string of the molecule is CC(C)(C(=O)N1CCc2sccc2C1)N1CCNCC1. The van der Waals surface area contributed by atoms with Gasteiger partial charge in [0.25, 0.3) is 0 Å². The van der Waals surface area contributed by atoms with Gasteiger partial charge < -0.3 is 10.2 Å². The molecule has 1 fully saturated rings. The van der Waals surface area contributed by atoms with Gasteiger partial charge in [-0.15, -0.1) is 11.3 Å². The van der Waals surface area contributed by atoms with E-state index < -0.39 is 5.54 Å². The summed E-state index contributed by atoms with van der Waals surface area (Å²) in [5.41, 5.74) is 0.945. The summed E-state index contributed by atoms with van der Waals surface area (Å²) in [5, 5.41) is 5.49. The first-order valence-electron chi connectivity index (χ1n) is 7.39. The molecule has 0 radical (unpaired) electrons. The second-order valence-corrected chi connectivity index (χ2v) is 7.14. The molecule has 1 saturated heterocycles. The molecule has 0 atom stereocenters. The number of hydrogen-bond acceptors (Lipinski definition) is 4. The number of rotatable bonds is 2. The number of hydrogen-bond donors (Lipinski definition) is 1. The summed E-state index contributed by atoms with van der Waals surface area (Å²) in [7, 11) is 0. The van der Waals surface area contributed by atoms with Gasteiger partial charge in [0.15, 0.2) is 0 Å². The smallest absolute Gasteiger partial charge is 0.242 e. The Morgan fingerprint density at radius 3 is 2.80 bits per heavy atom. The molecule has 1 N–H and O–H groups in total. The largest absolute Gasteiger partial charge is 0.336 e. The summed E-state index contributed by atoms with van der Waals surface area (Å²) in [6.07, 6.45) is 1.01. The lowest BCUT2D eigenvalue weighted by Gasteiger charge is -2.43. The molecule has 1 aromatic rings. The number of carbonyl (C=O) groups is 1. The summed E-state index contributed by atoms with van der Waals surface area (Å²) in [5.74, 6) is 0.274. The molecule has 3 rings (SSSR count). The van der Waals surface area contributed by atoms with E-state index in [2.05, 4.69) is 35.5 Å². The normalized spacial score (nSPS) is 20.8. The highest BCUT2D eigenvalue weighted by atomic mass is 32.1. The predicted molar refractivity (Wildman–Crippen MR) is 82.0 cm³/mol. The van der Waals surface area contributed by atoms with Gasteiger partial charge in [-0.3, -0.25) is 9.69 Å². The van der Waals surface area contributed by atoms with E-state index in [9.17, 15) is 4.79 Å². The number of fused-ring (bicyclic) bond motifs is 1. The van der Waals surface area contributed by atoms with Crippen molar-refractivity contribution in [2.24, 2.45) is 0 Å². The summed E-state index contributed by atoms with van der Waals surface area (Å²) in [4.78, 5) is 18.7. The highest BCUT2D eigenvalue weighted by Gasteiger charge is 2.39. The number of nitrogens with one attached hydrogen (secondary N) is 1. The summed E-state index contributed by atoms with van der Waals surface area (Å²) >= 11 is 1.82. The Labute approximate surface area is 124 Å². The van der Waals surface area contributed by atoms with Gasteiger partial charge >= 0.3 is 0 Å². The molecule has 0 aromatic carbocycles. The second-order valence-electron chi connectivity index (χ2n) is 6.14. The van der Waals surface area contributed by atoms with Crippen molar-refractivity contribution in [2.75, 3.05) is 32.7 Å². The molecular weight excluding hydrogens is 270 g/mol. The van der Waals surface area contributed by atoms with Crippen LogP contribution in [0.15, 0.2) is 11.4 Å². The summed E-state index contributed by atoms with van der Waals surface area (Å²) in [6.45, 7) is 9.66. The fourth-order valence-corrected chi connectivity index (χ4v) is 4.06. The Bertz CT molecular complexity index is 491. The van der Waals surface area contributed by atoms with Crippen molar-refractivity contribution in [2.45, 2.75) is 32.4 Å². The van der Waals surface area contributed by atoms with Crippen molar-refractivity contribution < 1.29 is 4.79 Å². The minimum atomic E-state index is -0.393. The Balaban J connectivity index is 1.72. The van der Waals surface area contributed by atoms with Crippen molar-refractivity contribution in [3.05, 3.63) is 21.9 Å². The van der Waals surface area contributed by atoms with Crippen LogP contribution in [0.4, 0.5) is 0 Å². The van der Waals surface area contributed by atoms with Crippen LogP contribution in [0, 0.1) is 0 Å². The van der Waals surface area contributed by atoms with Crippen molar-refractivity contribution in [3.63, 3.8) is 0 Å². The second kappa shape index (κ2) is 5.47. The standard InChI is InChI=1S/C15H23N3OS/c1-15(2,18-8-5-16-6-9-18)14(19)17-7-3-13-12(11-17)4-10-20-13/h4,10,16H,3,5-9,11H2,1-2H3. The Morgan fingerprint density at radius 1 is 1.30 bits per heavy atom. The fraction of sp³-hybridized carbons (Fsp3) is 0.667. The van der Waals surface area contributed by atoms with E-state index in [0.29, 0.717) is 0 Å². The molecule has 2 aliphatic rings. The lowest BCUT2D eigenvalue weighted by Crippen LogP contribution is -2.61. The van der Waals surface area contributed by atoms with Crippen LogP contribution < -0.4 is 5.32 Å². The molecule has 2 aliphatic heterocycles. The lowest BCUT2D eigenvalue weighted by atomic mass is 9.97. The highest BCUT2D eigenvalue weighted by Crippen LogP contribution is 2.27. The molecule has 3 heterocycles. The average molecular weight is 293 g/mol. The van der Waals surface area contributed by atoms with Crippen LogP contribution in [0.5, 0.6) is 0 Å². The third kappa shape index (κ3) is 2.50. The van der Waals surface area contributed by atoms with Gasteiger partial charge in [-0.05, 0) is 37.3 Å². The van der Waals surface area contributed by atoms with E-state index in [4.69, 9.17) is 0 Å². The van der Waals surface area contributed by atoms with Crippen LogP contribution in [0.2, 0.25) is 0 Å². The molecular formula is C15H23N3OS. The fourth-order valence-electron chi connectivity index (χ4n) is 3.17. The summed E-state index contributed by atoms with van der Waals surface area (Å²) in [6, 6.07) is 2.16. The van der Waals surface area contributed by atoms with Crippen LogP contribution in [-0.2, 0) is 17.8 Å². The van der Waals surface area contributed by atoms with Crippen molar-refractivity contribution in [3.8, 4) is 0 Å². The van der Waals surface area contributed by atoms with Crippen molar-refractivity contribution >= 4 is 17.2 Å². The van der Waals surface area contributed by atoms with Gasteiger partial charge in [0.1, 0.15) is 0 Å². The number of carbonyl (C=O) groups excluding carboxylic acids is 1. The van der Waals surface area contributed by atoms with Gasteiger partial charge in [-0.1, -0.05) is 0 Å². The highest BCUT2D eigenvalue weighted by molar-refractivity contribution is 7.10. The number of piperazine rings is 1. The molecule has 4 nitrogen and oxygen atoms in total. The molecule has 0 aliphatic carbocycles. The van der Waals surface area contributed by atoms with Crippen LogP contribution in [0.1, 0.15) is 24.3 Å². The zero-order valence-corrected chi connectivity index (χ0v) is 13.1. The molecule has 0 saturated carbocycles. The first kappa shape index (κ1) is 14.0. The first-order valence-corrected chi connectivity index (χ1v) is 8.27. The Hall–Kier alpha value is -0.910. The zero-order chi connectivity index (χ0) is 14.2. The molecule has 0 bridgehead atoms. The van der Waals surface area contributed by atoms with E-state index >= 15 is 0 Å². The third-order valence-electron chi connectivity index (χ3n) is 4.53. The van der Waals surface area contributed by atoms with Crippen LogP contribution in [0.3, 0.4) is 0 Å². The Kier molecular flexibility index (Phi) is 3.84. The lowest BCUT2D eigenvalue weighted by molar-refractivity contribution is -0.144. The van der Waals surface area contributed by atoms with Crippen LogP contribution in [-0.4, -0.2) is 54.0 Å². The van der Waals surface area contributed by atoms with E-state index in [0.717, 1.165) is 45.7 Å². The summed E-state index contributed by atoms with van der Waals surface area (Å²) < 4.78 is 0. The number of thiophene rings is 1. The molecule has 5 heteroatoms. The topological polar surface area (TPSA) is 35.6 Å². The van der Waals surface area contributed by atoms with E-state index in [1.807, 2.05) is 16.2 Å². The van der Waals surface area contributed by atoms with Gasteiger partial charge in [0.05, 0.1) is 5.54 Å². The van der Waals surface area contributed by atoms with Gasteiger partial charge in [-0.2, -0.15) is 0 Å². The monoisotopic (exact) mass is 293 g/mol. The number of nitrogens with zero attached hydrogens (tertiary/aromatic N) is 2. The zero-order valence-electron chi connectivity index (χ0n) is 12.3. The minimum absolute atomic E-state index is 0.274. The quantitative estimate of drug-likeness (QED) is 0.893. The Morgan fingerprint density at radius 2 is 2.05 bits per heavy atom. The molecule has 0 unspecified atom stereocenters. The van der Waals surface area contributed by atoms with E-state index in [1.165, 1.54) is 10.4 Å². The van der Waals surface area contributed by atoms with Gasteiger partial charge in [0, 0.05) is 44.1 Å². The first-order chi connectivity index (χ1) is 9.59. The average Bonchev–Trinajstić information content (AvgIpc) is 2.94. The van der Waals surface area contributed by atoms with Crippen LogP contribution in [0.25, 0.3) is 0 Å². The van der Waals surface area contributed by atoms with Crippen LogP contribution >= 0.6 is 11.3 Å². The van der Waals surface area contributed by atoms with Crippen molar-refractivity contribution in [1.29, 1.82) is 0 Å². The van der Waals surface area contributed by atoms with E-state index in [-0.39, 0.29) is 5.91 Å². The predicted octanol–water partition coefficient (Wildman–Crippen LogP) is 1.32. The molecule has 1 aromatic heterocycles. The molecule has 110 valence electrons. The number of amides is 1. The van der Waals surface area contributed by atoms with E-state index in [1.54, 1.807) is 0 Å². The van der Waals surface area contributed by atoms with Gasteiger partial charge in [-0.25, -0.2) is 0 Å². The van der Waals surface area contributed by atoms with Gasteiger partial charge in [0.2, 0.25) is 5.91 Å². The maximum Gasteiger partial charge on any atom is 0.242 e.